The molecule has 0 bridgehead atoms. The summed E-state index contributed by atoms with van der Waals surface area (Å²) in [5.41, 5.74) is 1.43. The fraction of sp³-hybridized carbons (Fsp3) is 0.222. The van der Waals surface area contributed by atoms with Gasteiger partial charge in [-0.15, -0.1) is 0 Å². The molecule has 1 N–H and O–H groups in total. The van der Waals surface area contributed by atoms with Crippen LogP contribution in [0.25, 0.3) is 0 Å². The molecule has 0 radical (unpaired) electrons. The Labute approximate surface area is 138 Å². The molecule has 6 heteroatoms. The van der Waals surface area contributed by atoms with E-state index in [-0.39, 0.29) is 39.7 Å². The number of carbonyl (C=O) groups is 2. The lowest BCUT2D eigenvalue weighted by atomic mass is 9.82. The number of hydrogen-bond acceptors (Lipinski definition) is 6. The van der Waals surface area contributed by atoms with Crippen LogP contribution in [0.2, 0.25) is 0 Å². The van der Waals surface area contributed by atoms with Gasteiger partial charge in [-0.3, -0.25) is 9.59 Å². The van der Waals surface area contributed by atoms with Crippen molar-refractivity contribution < 1.29 is 28.9 Å². The normalized spacial score (nSPS) is 12.5. The van der Waals surface area contributed by atoms with E-state index in [4.69, 9.17) is 14.2 Å². The highest BCUT2D eigenvalue weighted by molar-refractivity contribution is 6.30. The summed E-state index contributed by atoms with van der Waals surface area (Å²) in [5, 5.41) is 10.2. The van der Waals surface area contributed by atoms with Crippen LogP contribution in [0.1, 0.15) is 37.4 Å². The summed E-state index contributed by atoms with van der Waals surface area (Å²) < 4.78 is 15.5. The summed E-state index contributed by atoms with van der Waals surface area (Å²) in [7, 11) is 4.17. The topological polar surface area (TPSA) is 82.1 Å². The number of aromatic hydroxyl groups is 1. The summed E-state index contributed by atoms with van der Waals surface area (Å²) in [4.78, 5) is 25.8. The smallest absolute Gasteiger partial charge is 0.201 e. The maximum absolute atomic E-state index is 12.9. The van der Waals surface area contributed by atoms with Gasteiger partial charge in [-0.25, -0.2) is 0 Å². The van der Waals surface area contributed by atoms with Gasteiger partial charge < -0.3 is 19.3 Å². The number of hydrogen-bond donors (Lipinski definition) is 1. The van der Waals surface area contributed by atoms with Gasteiger partial charge in [0.25, 0.3) is 0 Å². The average molecular weight is 328 g/mol. The number of rotatable bonds is 3. The van der Waals surface area contributed by atoms with Gasteiger partial charge in [-0.05, 0) is 30.7 Å². The van der Waals surface area contributed by atoms with Crippen LogP contribution in [0.15, 0.2) is 18.2 Å². The Morgan fingerprint density at radius 2 is 1.38 bits per heavy atom. The Hall–Kier alpha value is -3.02. The van der Waals surface area contributed by atoms with Gasteiger partial charge in [-0.2, -0.15) is 0 Å². The summed E-state index contributed by atoms with van der Waals surface area (Å²) in [6, 6.07) is 4.52. The Morgan fingerprint density at radius 3 is 1.96 bits per heavy atom. The molecule has 3 rings (SSSR count). The van der Waals surface area contributed by atoms with Crippen molar-refractivity contribution in [1.82, 2.24) is 0 Å². The third-order valence-corrected chi connectivity index (χ3v) is 4.14. The van der Waals surface area contributed by atoms with Gasteiger partial charge in [-0.1, -0.05) is 0 Å². The molecular weight excluding hydrogens is 312 g/mol. The SMILES string of the molecule is COc1cc2c(cc1C)C(=O)c1cc(OC)c(O)c(OC)c1C2=O. The predicted molar refractivity (Wildman–Crippen MR) is 85.8 cm³/mol. The lowest BCUT2D eigenvalue weighted by Crippen LogP contribution is -2.22. The molecule has 0 amide bonds. The number of ketones is 2. The zero-order valence-corrected chi connectivity index (χ0v) is 13.7. The lowest BCUT2D eigenvalue weighted by Gasteiger charge is -2.22. The third-order valence-electron chi connectivity index (χ3n) is 4.14. The molecule has 1 aliphatic rings. The van der Waals surface area contributed by atoms with Crippen molar-refractivity contribution >= 4 is 11.6 Å². The highest BCUT2D eigenvalue weighted by Gasteiger charge is 2.36. The Balaban J connectivity index is 2.35. The number of phenolic OH excluding ortho intramolecular Hbond substituents is 1. The maximum atomic E-state index is 12.9. The lowest BCUT2D eigenvalue weighted by molar-refractivity contribution is 0.0975. The molecule has 0 aliphatic heterocycles. The molecule has 0 fully saturated rings. The molecule has 6 nitrogen and oxygen atoms in total. The van der Waals surface area contributed by atoms with Gasteiger partial charge in [0.2, 0.25) is 5.75 Å². The standard InChI is InChI=1S/C18H16O6/c1-8-5-9-10(6-12(8)22-2)16(20)14-11(15(9)19)7-13(23-3)17(21)18(14)24-4/h5-7,21H,1-4H3. The number of aryl methyl sites for hydroxylation is 1. The number of phenols is 1. The first-order valence-corrected chi connectivity index (χ1v) is 7.20. The van der Waals surface area contributed by atoms with Crippen LogP contribution in [-0.4, -0.2) is 38.0 Å². The molecule has 0 saturated heterocycles. The first-order valence-electron chi connectivity index (χ1n) is 7.20. The highest BCUT2D eigenvalue weighted by Crippen LogP contribution is 2.45. The number of methoxy groups -OCH3 is 3. The van der Waals surface area contributed by atoms with E-state index < -0.39 is 5.78 Å². The van der Waals surface area contributed by atoms with Crippen LogP contribution in [-0.2, 0) is 0 Å². The van der Waals surface area contributed by atoms with Crippen LogP contribution in [0.5, 0.6) is 23.0 Å². The molecule has 24 heavy (non-hydrogen) atoms. The van der Waals surface area contributed by atoms with E-state index in [1.807, 2.05) is 0 Å². The molecule has 2 aromatic rings. The second kappa shape index (κ2) is 5.56. The molecular formula is C18H16O6. The molecule has 0 unspecified atom stereocenters. The van der Waals surface area contributed by atoms with Gasteiger partial charge in [0.05, 0.1) is 26.9 Å². The van der Waals surface area contributed by atoms with Crippen molar-refractivity contribution in [2.24, 2.45) is 0 Å². The van der Waals surface area contributed by atoms with E-state index in [1.54, 1.807) is 13.0 Å². The minimum absolute atomic E-state index is 0.0270. The Morgan fingerprint density at radius 1 is 0.792 bits per heavy atom. The summed E-state index contributed by atoms with van der Waals surface area (Å²) in [6.45, 7) is 1.80. The minimum atomic E-state index is -0.410. The molecule has 0 spiro atoms. The van der Waals surface area contributed by atoms with E-state index in [9.17, 15) is 14.7 Å². The number of fused-ring (bicyclic) bond motifs is 2. The van der Waals surface area contributed by atoms with Crippen molar-refractivity contribution in [2.75, 3.05) is 21.3 Å². The van der Waals surface area contributed by atoms with Gasteiger partial charge >= 0.3 is 0 Å². The predicted octanol–water partition coefficient (Wildman–Crippen LogP) is 2.50. The summed E-state index contributed by atoms with van der Waals surface area (Å²) in [6.07, 6.45) is 0. The van der Waals surface area contributed by atoms with E-state index in [0.717, 1.165) is 5.56 Å². The number of benzene rings is 2. The van der Waals surface area contributed by atoms with Crippen LogP contribution in [0.3, 0.4) is 0 Å². The second-order valence-corrected chi connectivity index (χ2v) is 5.41. The largest absolute Gasteiger partial charge is 0.502 e. The van der Waals surface area contributed by atoms with E-state index >= 15 is 0 Å². The Bertz CT molecular complexity index is 882. The molecule has 0 saturated carbocycles. The number of carbonyl (C=O) groups excluding carboxylic acids is 2. The second-order valence-electron chi connectivity index (χ2n) is 5.41. The Kier molecular flexibility index (Phi) is 3.67. The van der Waals surface area contributed by atoms with E-state index in [1.165, 1.54) is 33.5 Å². The molecule has 0 aromatic heterocycles. The molecule has 2 aromatic carbocycles. The van der Waals surface area contributed by atoms with Crippen molar-refractivity contribution in [3.05, 3.63) is 46.0 Å². The molecule has 1 aliphatic carbocycles. The number of ether oxygens (including phenoxy) is 3. The molecule has 0 heterocycles. The van der Waals surface area contributed by atoms with E-state index in [2.05, 4.69) is 0 Å². The quantitative estimate of drug-likeness (QED) is 0.795. The molecule has 124 valence electrons. The maximum Gasteiger partial charge on any atom is 0.201 e. The highest BCUT2D eigenvalue weighted by atomic mass is 16.5. The fourth-order valence-corrected chi connectivity index (χ4v) is 2.95. The van der Waals surface area contributed by atoms with E-state index in [0.29, 0.717) is 11.3 Å². The van der Waals surface area contributed by atoms with Crippen molar-refractivity contribution in [3.8, 4) is 23.0 Å². The zero-order valence-electron chi connectivity index (χ0n) is 13.7. The molecule has 0 atom stereocenters. The van der Waals surface area contributed by atoms with Crippen molar-refractivity contribution in [1.29, 1.82) is 0 Å². The average Bonchev–Trinajstić information content (AvgIpc) is 2.58. The summed E-state index contributed by atoms with van der Waals surface area (Å²) >= 11 is 0. The van der Waals surface area contributed by atoms with Crippen LogP contribution in [0.4, 0.5) is 0 Å². The van der Waals surface area contributed by atoms with Gasteiger partial charge in [0, 0.05) is 16.7 Å². The fourth-order valence-electron chi connectivity index (χ4n) is 2.95. The first-order chi connectivity index (χ1) is 11.4. The van der Waals surface area contributed by atoms with Crippen molar-refractivity contribution in [2.45, 2.75) is 6.92 Å². The summed E-state index contributed by atoms with van der Waals surface area (Å²) in [5.74, 6) is -0.555. The van der Waals surface area contributed by atoms with Crippen molar-refractivity contribution in [3.63, 3.8) is 0 Å². The third kappa shape index (κ3) is 2.03. The minimum Gasteiger partial charge on any atom is -0.502 e. The van der Waals surface area contributed by atoms with Gasteiger partial charge in [0.1, 0.15) is 5.75 Å². The van der Waals surface area contributed by atoms with Crippen LogP contribution < -0.4 is 14.2 Å². The monoisotopic (exact) mass is 328 g/mol. The van der Waals surface area contributed by atoms with Gasteiger partial charge in [0.15, 0.2) is 23.1 Å². The van der Waals surface area contributed by atoms with Crippen LogP contribution >= 0.6 is 0 Å². The van der Waals surface area contributed by atoms with Crippen LogP contribution in [0, 0.1) is 6.92 Å². The zero-order chi connectivity index (χ0) is 17.6. The first kappa shape index (κ1) is 15.9.